The number of pyridine rings is 1. The molecule has 1 heterocycles. The molecule has 0 unspecified atom stereocenters. The van der Waals surface area contributed by atoms with Gasteiger partial charge in [-0.1, -0.05) is 26.8 Å². The fourth-order valence-corrected chi connectivity index (χ4v) is 1.64. The van der Waals surface area contributed by atoms with Gasteiger partial charge in [0.1, 0.15) is 0 Å². The fourth-order valence-electron chi connectivity index (χ4n) is 1.64. The van der Waals surface area contributed by atoms with E-state index in [1.807, 2.05) is 0 Å². The number of nitrogens with zero attached hydrogens (tertiary/aromatic N) is 1. The lowest BCUT2D eigenvalue weighted by Gasteiger charge is -2.23. The Morgan fingerprint density at radius 3 is 1.58 bits per heavy atom. The molecule has 0 fully saturated rings. The molecule has 0 bridgehead atoms. The van der Waals surface area contributed by atoms with Gasteiger partial charge in [-0.05, 0) is 0 Å². The third kappa shape index (κ3) is 8.13. The van der Waals surface area contributed by atoms with Crippen LogP contribution in [0.25, 0.3) is 0 Å². The highest BCUT2D eigenvalue weighted by molar-refractivity contribution is 5.07. The molecule has 0 amide bonds. The highest BCUT2D eigenvalue weighted by atomic mass is 35.7. The van der Waals surface area contributed by atoms with Crippen LogP contribution in [0.1, 0.15) is 47.2 Å². The standard InChI is InChI=1S/C13H22N.ClHO4/c1-12(2,3)11-9-7-8-10-14(11)13(4,5)6;2-1(3,4)5/h7-10H,1-6H3;(H,2,3,4,5)/q+1;/p-1. The number of hydrogen-bond donors (Lipinski definition) is 0. The summed E-state index contributed by atoms with van der Waals surface area (Å²) in [6.45, 7) is 13.5. The second kappa shape index (κ2) is 6.15. The molecule has 0 saturated heterocycles. The molecule has 6 heteroatoms. The largest absolute Gasteiger partial charge is 0.222 e. The van der Waals surface area contributed by atoms with Crippen molar-refractivity contribution in [3.8, 4) is 0 Å². The van der Waals surface area contributed by atoms with Crippen molar-refractivity contribution in [2.75, 3.05) is 0 Å². The maximum Gasteiger partial charge on any atom is 0.187 e. The van der Waals surface area contributed by atoms with E-state index in [4.69, 9.17) is 18.6 Å². The summed E-state index contributed by atoms with van der Waals surface area (Å²) in [4.78, 5) is 0. The first-order chi connectivity index (χ1) is 8.23. The van der Waals surface area contributed by atoms with E-state index in [1.54, 1.807) is 0 Å². The van der Waals surface area contributed by atoms with Gasteiger partial charge in [0.2, 0.25) is 0 Å². The molecule has 1 aromatic heterocycles. The van der Waals surface area contributed by atoms with Crippen molar-refractivity contribution < 1.29 is 33.4 Å². The summed E-state index contributed by atoms with van der Waals surface area (Å²) in [6.07, 6.45) is 2.17. The Kier molecular flexibility index (Phi) is 5.92. The molecule has 0 aliphatic rings. The first-order valence-corrected chi connectivity index (χ1v) is 7.10. The van der Waals surface area contributed by atoms with Gasteiger partial charge in [-0.25, -0.2) is 18.6 Å². The molecule has 5 nitrogen and oxygen atoms in total. The molecule has 0 saturated carbocycles. The SMILES string of the molecule is CC(C)(C)c1cccc[n+]1C(C)(C)C.[O-][Cl+3]([O-])([O-])[O-]. The van der Waals surface area contributed by atoms with Crippen molar-refractivity contribution in [3.63, 3.8) is 0 Å². The molecule has 0 atom stereocenters. The molecular formula is C13H22ClNO4. The second-order valence-electron chi connectivity index (χ2n) is 6.25. The first-order valence-electron chi connectivity index (χ1n) is 5.86. The average molecular weight is 292 g/mol. The van der Waals surface area contributed by atoms with Crippen LogP contribution in [0.15, 0.2) is 24.4 Å². The summed E-state index contributed by atoms with van der Waals surface area (Å²) < 4.78 is 36.3. The zero-order valence-corrected chi connectivity index (χ0v) is 13.0. The zero-order chi connectivity index (χ0) is 15.5. The van der Waals surface area contributed by atoms with E-state index in [-0.39, 0.29) is 11.0 Å². The molecule has 1 aromatic rings. The van der Waals surface area contributed by atoms with E-state index in [9.17, 15) is 0 Å². The van der Waals surface area contributed by atoms with Crippen LogP contribution >= 0.6 is 0 Å². The molecule has 0 aliphatic carbocycles. The minimum Gasteiger partial charge on any atom is -0.222 e. The minimum atomic E-state index is -4.94. The van der Waals surface area contributed by atoms with Crippen LogP contribution in [0.2, 0.25) is 0 Å². The molecule has 19 heavy (non-hydrogen) atoms. The van der Waals surface area contributed by atoms with Crippen LogP contribution < -0.4 is 23.2 Å². The van der Waals surface area contributed by atoms with Gasteiger partial charge >= 0.3 is 0 Å². The van der Waals surface area contributed by atoms with Crippen LogP contribution in [0.4, 0.5) is 0 Å². The summed E-state index contributed by atoms with van der Waals surface area (Å²) in [5.74, 6) is 0. The van der Waals surface area contributed by atoms with Gasteiger partial charge in [0, 0.05) is 38.3 Å². The van der Waals surface area contributed by atoms with Crippen LogP contribution in [0.5, 0.6) is 0 Å². The maximum atomic E-state index is 8.49. The third-order valence-corrected chi connectivity index (χ3v) is 2.35. The second-order valence-corrected chi connectivity index (χ2v) is 7.01. The van der Waals surface area contributed by atoms with E-state index >= 15 is 0 Å². The van der Waals surface area contributed by atoms with Crippen molar-refractivity contribution in [2.45, 2.75) is 52.5 Å². The molecule has 0 aliphatic heterocycles. The van der Waals surface area contributed by atoms with Crippen molar-refractivity contribution in [1.29, 1.82) is 0 Å². The first kappa shape index (κ1) is 18.3. The van der Waals surface area contributed by atoms with Crippen molar-refractivity contribution >= 4 is 0 Å². The smallest absolute Gasteiger partial charge is 0.187 e. The number of rotatable bonds is 0. The van der Waals surface area contributed by atoms with Gasteiger partial charge in [-0.2, -0.15) is 4.57 Å². The predicted octanol–water partition coefficient (Wildman–Crippen LogP) is -1.73. The summed E-state index contributed by atoms with van der Waals surface area (Å²) >= 11 is 0. The maximum absolute atomic E-state index is 8.49. The molecule has 1 rings (SSSR count). The predicted molar refractivity (Wildman–Crippen MR) is 60.3 cm³/mol. The highest BCUT2D eigenvalue weighted by Gasteiger charge is 2.31. The van der Waals surface area contributed by atoms with Gasteiger partial charge in [-0.15, -0.1) is 10.2 Å². The van der Waals surface area contributed by atoms with Crippen molar-refractivity contribution in [3.05, 3.63) is 30.1 Å². The lowest BCUT2D eigenvalue weighted by Crippen LogP contribution is -2.68. The van der Waals surface area contributed by atoms with E-state index in [1.165, 1.54) is 5.69 Å². The van der Waals surface area contributed by atoms with Crippen LogP contribution in [-0.4, -0.2) is 0 Å². The molecule has 0 radical (unpaired) electrons. The van der Waals surface area contributed by atoms with Crippen molar-refractivity contribution in [2.24, 2.45) is 0 Å². The van der Waals surface area contributed by atoms with Crippen LogP contribution in [-0.2, 0) is 11.0 Å². The molecule has 0 spiro atoms. The lowest BCUT2D eigenvalue weighted by atomic mass is 9.89. The average Bonchev–Trinajstić information content (AvgIpc) is 2.12. The van der Waals surface area contributed by atoms with Gasteiger partial charge < -0.3 is 0 Å². The third-order valence-electron chi connectivity index (χ3n) is 2.35. The van der Waals surface area contributed by atoms with Crippen molar-refractivity contribution in [1.82, 2.24) is 0 Å². The number of aromatic nitrogens is 1. The van der Waals surface area contributed by atoms with E-state index in [0.717, 1.165) is 0 Å². The molecular weight excluding hydrogens is 270 g/mol. The summed E-state index contributed by atoms with van der Waals surface area (Å²) in [5.41, 5.74) is 1.74. The Labute approximate surface area is 116 Å². The topological polar surface area (TPSA) is 96.1 Å². The number of halogens is 1. The van der Waals surface area contributed by atoms with Crippen LogP contribution in [0, 0.1) is 10.2 Å². The Balaban J connectivity index is 0.000000555. The monoisotopic (exact) mass is 291 g/mol. The quantitative estimate of drug-likeness (QED) is 0.531. The van der Waals surface area contributed by atoms with Gasteiger partial charge in [0.05, 0.1) is 0 Å². The Bertz CT molecular complexity index is 363. The van der Waals surface area contributed by atoms with E-state index in [0.29, 0.717) is 0 Å². The molecule has 0 N–H and O–H groups in total. The lowest BCUT2D eigenvalue weighted by molar-refractivity contribution is -2.00. The highest BCUT2D eigenvalue weighted by Crippen LogP contribution is 2.20. The Hall–Kier alpha value is -0.720. The fraction of sp³-hybridized carbons (Fsp3) is 0.615. The normalized spacial score (nSPS) is 12.7. The van der Waals surface area contributed by atoms with Gasteiger partial charge in [-0.3, -0.25) is 0 Å². The Morgan fingerprint density at radius 1 is 0.895 bits per heavy atom. The van der Waals surface area contributed by atoms with Gasteiger partial charge in [0.15, 0.2) is 17.4 Å². The van der Waals surface area contributed by atoms with E-state index < -0.39 is 10.2 Å². The summed E-state index contributed by atoms with van der Waals surface area (Å²) in [5, 5.41) is 0. The summed E-state index contributed by atoms with van der Waals surface area (Å²) in [6, 6.07) is 6.43. The number of hydrogen-bond acceptors (Lipinski definition) is 4. The minimum absolute atomic E-state index is 0.157. The van der Waals surface area contributed by atoms with E-state index in [2.05, 4.69) is 70.5 Å². The van der Waals surface area contributed by atoms with Crippen LogP contribution in [0.3, 0.4) is 0 Å². The zero-order valence-electron chi connectivity index (χ0n) is 12.3. The summed E-state index contributed by atoms with van der Waals surface area (Å²) in [7, 11) is -4.94. The van der Waals surface area contributed by atoms with Gasteiger partial charge in [0.25, 0.3) is 0 Å². The Morgan fingerprint density at radius 2 is 1.32 bits per heavy atom. The molecule has 0 aromatic carbocycles. The molecule has 110 valence electrons.